The van der Waals surface area contributed by atoms with Gasteiger partial charge >= 0.3 is 0 Å². The quantitative estimate of drug-likeness (QED) is 0.463. The van der Waals surface area contributed by atoms with E-state index in [2.05, 4.69) is 11.9 Å². The monoisotopic (exact) mass is 139 g/mol. The maximum absolute atomic E-state index is 10.6. The van der Waals surface area contributed by atoms with Gasteiger partial charge in [0.25, 0.3) is 0 Å². The van der Waals surface area contributed by atoms with Gasteiger partial charge in [-0.05, 0) is 6.42 Å². The molecule has 0 rings (SSSR count). The second kappa shape index (κ2) is 4.79. The van der Waals surface area contributed by atoms with E-state index in [1.165, 1.54) is 6.08 Å². The van der Waals surface area contributed by atoms with Gasteiger partial charge in [-0.1, -0.05) is 25.2 Å². The molecule has 0 aromatic heterocycles. The predicted molar refractivity (Wildman–Crippen MR) is 42.6 cm³/mol. The molecule has 0 aromatic carbocycles. The molecule has 0 fully saturated rings. The van der Waals surface area contributed by atoms with Crippen LogP contribution in [0.25, 0.3) is 0 Å². The van der Waals surface area contributed by atoms with Crippen molar-refractivity contribution in [1.29, 1.82) is 0 Å². The van der Waals surface area contributed by atoms with Crippen LogP contribution < -0.4 is 5.32 Å². The first kappa shape index (κ1) is 8.95. The van der Waals surface area contributed by atoms with E-state index in [1.807, 2.05) is 6.92 Å². The molecule has 0 saturated heterocycles. The lowest BCUT2D eigenvalue weighted by molar-refractivity contribution is -0.116. The Bertz CT molecular complexity index is 141. The van der Waals surface area contributed by atoms with Crippen molar-refractivity contribution in [3.8, 4) is 0 Å². The zero-order chi connectivity index (χ0) is 7.98. The van der Waals surface area contributed by atoms with Crippen LogP contribution in [0.4, 0.5) is 0 Å². The number of likely N-dealkylation sites (N-methyl/N-ethyl adjacent to an activating group) is 1. The van der Waals surface area contributed by atoms with Gasteiger partial charge in [0, 0.05) is 13.1 Å². The molecule has 2 heteroatoms. The molecule has 0 heterocycles. The maximum atomic E-state index is 10.6. The van der Waals surface area contributed by atoms with Gasteiger partial charge in [-0.25, -0.2) is 0 Å². The molecule has 0 aliphatic carbocycles. The largest absolute Gasteiger partial charge is 0.356 e. The third kappa shape index (κ3) is 3.89. The third-order valence-electron chi connectivity index (χ3n) is 1.17. The van der Waals surface area contributed by atoms with Crippen LogP contribution in [0.5, 0.6) is 0 Å². The molecule has 56 valence electrons. The van der Waals surface area contributed by atoms with Crippen molar-refractivity contribution in [3.05, 3.63) is 24.3 Å². The molecular weight excluding hydrogens is 126 g/mol. The summed E-state index contributed by atoms with van der Waals surface area (Å²) in [7, 11) is 1.60. The minimum atomic E-state index is -0.0883. The topological polar surface area (TPSA) is 29.1 Å². The summed E-state index contributed by atoms with van der Waals surface area (Å²) >= 11 is 0. The van der Waals surface area contributed by atoms with Crippen LogP contribution in [0.2, 0.25) is 0 Å². The van der Waals surface area contributed by atoms with Gasteiger partial charge in [0.1, 0.15) is 0 Å². The molecule has 0 aliphatic rings. The standard InChI is InChI=1S/C8H13NO/c1-4-7(2)5-6-8(10)9-3/h5-6H,2,4H2,1,3H3,(H,9,10)/b6-5-. The fraction of sp³-hybridized carbons (Fsp3) is 0.375. The van der Waals surface area contributed by atoms with Crippen LogP contribution in [0, 0.1) is 0 Å². The van der Waals surface area contributed by atoms with Gasteiger partial charge in [-0.2, -0.15) is 0 Å². The summed E-state index contributed by atoms with van der Waals surface area (Å²) in [4.78, 5) is 10.6. The number of amides is 1. The Morgan fingerprint density at radius 1 is 1.60 bits per heavy atom. The Kier molecular flexibility index (Phi) is 4.29. The van der Waals surface area contributed by atoms with E-state index in [-0.39, 0.29) is 5.91 Å². The number of nitrogens with one attached hydrogen (secondary N) is 1. The average molecular weight is 139 g/mol. The zero-order valence-electron chi connectivity index (χ0n) is 6.48. The Morgan fingerprint density at radius 3 is 2.60 bits per heavy atom. The normalized spacial score (nSPS) is 9.80. The van der Waals surface area contributed by atoms with Gasteiger partial charge in [0.05, 0.1) is 0 Å². The summed E-state index contributed by atoms with van der Waals surface area (Å²) in [6.45, 7) is 5.71. The Morgan fingerprint density at radius 2 is 2.20 bits per heavy atom. The molecular formula is C8H13NO. The molecule has 0 aliphatic heterocycles. The highest BCUT2D eigenvalue weighted by atomic mass is 16.1. The first-order chi connectivity index (χ1) is 4.70. The summed E-state index contributed by atoms with van der Waals surface area (Å²) in [6, 6.07) is 0. The van der Waals surface area contributed by atoms with Crippen molar-refractivity contribution in [3.63, 3.8) is 0 Å². The number of hydrogen-bond acceptors (Lipinski definition) is 1. The van der Waals surface area contributed by atoms with Crippen LogP contribution in [-0.2, 0) is 4.79 Å². The smallest absolute Gasteiger partial charge is 0.243 e. The lowest BCUT2D eigenvalue weighted by Crippen LogP contribution is -2.13. The SMILES string of the molecule is C=C(/C=C\C(=O)NC)CC. The van der Waals surface area contributed by atoms with Gasteiger partial charge < -0.3 is 5.32 Å². The minimum Gasteiger partial charge on any atom is -0.356 e. The Balaban J connectivity index is 3.75. The summed E-state index contributed by atoms with van der Waals surface area (Å²) in [5.41, 5.74) is 0.962. The Hall–Kier alpha value is -1.05. The van der Waals surface area contributed by atoms with Crippen molar-refractivity contribution in [2.75, 3.05) is 7.05 Å². The molecule has 10 heavy (non-hydrogen) atoms. The minimum absolute atomic E-state index is 0.0883. The summed E-state index contributed by atoms with van der Waals surface area (Å²) in [5.74, 6) is -0.0883. The highest BCUT2D eigenvalue weighted by Crippen LogP contribution is 1.96. The Labute approximate surface area is 61.6 Å². The van der Waals surface area contributed by atoms with Gasteiger partial charge in [0.2, 0.25) is 5.91 Å². The summed E-state index contributed by atoms with van der Waals surface area (Å²) < 4.78 is 0. The number of hydrogen-bond donors (Lipinski definition) is 1. The first-order valence-corrected chi connectivity index (χ1v) is 3.28. The number of allylic oxidation sites excluding steroid dienone is 2. The second-order valence-electron chi connectivity index (χ2n) is 1.96. The van der Waals surface area contributed by atoms with Crippen LogP contribution in [-0.4, -0.2) is 13.0 Å². The number of rotatable bonds is 3. The van der Waals surface area contributed by atoms with E-state index < -0.39 is 0 Å². The van der Waals surface area contributed by atoms with E-state index in [0.717, 1.165) is 12.0 Å². The van der Waals surface area contributed by atoms with Crippen molar-refractivity contribution >= 4 is 5.91 Å². The molecule has 0 radical (unpaired) electrons. The average Bonchev–Trinajstić information content (AvgIpc) is 1.99. The van der Waals surface area contributed by atoms with Crippen LogP contribution in [0.3, 0.4) is 0 Å². The molecule has 0 atom stereocenters. The molecule has 1 N–H and O–H groups in total. The molecule has 0 spiro atoms. The molecule has 2 nitrogen and oxygen atoms in total. The van der Waals surface area contributed by atoms with Gasteiger partial charge in [-0.15, -0.1) is 0 Å². The molecule has 0 unspecified atom stereocenters. The summed E-state index contributed by atoms with van der Waals surface area (Å²) in [6.07, 6.45) is 4.08. The van der Waals surface area contributed by atoms with E-state index in [4.69, 9.17) is 0 Å². The van der Waals surface area contributed by atoms with Crippen LogP contribution in [0.15, 0.2) is 24.3 Å². The number of carbonyl (C=O) groups excluding carboxylic acids is 1. The van der Waals surface area contributed by atoms with Crippen molar-refractivity contribution in [2.45, 2.75) is 13.3 Å². The van der Waals surface area contributed by atoms with E-state index in [0.29, 0.717) is 0 Å². The van der Waals surface area contributed by atoms with Crippen molar-refractivity contribution in [1.82, 2.24) is 5.32 Å². The van der Waals surface area contributed by atoms with Crippen molar-refractivity contribution < 1.29 is 4.79 Å². The second-order valence-corrected chi connectivity index (χ2v) is 1.96. The van der Waals surface area contributed by atoms with Gasteiger partial charge in [0.15, 0.2) is 0 Å². The highest BCUT2D eigenvalue weighted by Gasteiger charge is 1.87. The van der Waals surface area contributed by atoms with E-state index in [1.54, 1.807) is 13.1 Å². The molecule has 0 saturated carbocycles. The maximum Gasteiger partial charge on any atom is 0.243 e. The lowest BCUT2D eigenvalue weighted by Gasteiger charge is -1.91. The van der Waals surface area contributed by atoms with E-state index >= 15 is 0 Å². The molecule has 0 aromatic rings. The van der Waals surface area contributed by atoms with E-state index in [9.17, 15) is 4.79 Å². The fourth-order valence-electron chi connectivity index (χ4n) is 0.395. The lowest BCUT2D eigenvalue weighted by atomic mass is 10.2. The number of carbonyl (C=O) groups is 1. The van der Waals surface area contributed by atoms with Gasteiger partial charge in [-0.3, -0.25) is 4.79 Å². The predicted octanol–water partition coefficient (Wildman–Crippen LogP) is 1.25. The zero-order valence-corrected chi connectivity index (χ0v) is 6.48. The fourth-order valence-corrected chi connectivity index (χ4v) is 0.395. The molecule has 1 amide bonds. The molecule has 0 bridgehead atoms. The van der Waals surface area contributed by atoms with Crippen LogP contribution in [0.1, 0.15) is 13.3 Å². The highest BCUT2D eigenvalue weighted by molar-refractivity contribution is 5.87. The third-order valence-corrected chi connectivity index (χ3v) is 1.17. The summed E-state index contributed by atoms with van der Waals surface area (Å²) in [5, 5.41) is 2.48. The van der Waals surface area contributed by atoms with Crippen molar-refractivity contribution in [2.24, 2.45) is 0 Å². The van der Waals surface area contributed by atoms with Crippen LogP contribution >= 0.6 is 0 Å². The first-order valence-electron chi connectivity index (χ1n) is 3.28.